The summed E-state index contributed by atoms with van der Waals surface area (Å²) < 4.78 is 0.900. The molecule has 1 aliphatic rings. The van der Waals surface area contributed by atoms with Gasteiger partial charge in [0, 0.05) is 31.9 Å². The molecule has 0 atom stereocenters. The van der Waals surface area contributed by atoms with Crippen LogP contribution >= 0.6 is 15.9 Å². The van der Waals surface area contributed by atoms with Gasteiger partial charge in [0.25, 0.3) is 0 Å². The molecule has 4 heteroatoms. The Morgan fingerprint density at radius 3 is 2.29 bits per heavy atom. The van der Waals surface area contributed by atoms with E-state index in [-0.39, 0.29) is 0 Å². The molecule has 0 radical (unpaired) electrons. The van der Waals surface area contributed by atoms with Gasteiger partial charge in [0.15, 0.2) is 0 Å². The molecule has 110 valence electrons. The Kier molecular flexibility index (Phi) is 4.15. The summed E-state index contributed by atoms with van der Waals surface area (Å²) in [5.74, 6) is 1.06. The van der Waals surface area contributed by atoms with E-state index in [2.05, 4.69) is 68.8 Å². The fourth-order valence-corrected chi connectivity index (χ4v) is 3.16. The summed E-state index contributed by atoms with van der Waals surface area (Å²) in [6.45, 7) is 8.50. The predicted octanol–water partition coefficient (Wildman–Crippen LogP) is 3.79. The third-order valence-electron chi connectivity index (χ3n) is 4.22. The number of rotatable bonds is 2. The predicted molar refractivity (Wildman–Crippen MR) is 92.3 cm³/mol. The van der Waals surface area contributed by atoms with Crippen LogP contribution in [0.15, 0.2) is 41.0 Å². The largest absolute Gasteiger partial charge is 0.368 e. The van der Waals surface area contributed by atoms with E-state index in [4.69, 9.17) is 0 Å². The molecule has 1 aliphatic heterocycles. The second-order valence-corrected chi connectivity index (χ2v) is 6.32. The van der Waals surface area contributed by atoms with Crippen molar-refractivity contribution in [2.24, 2.45) is 0 Å². The Labute approximate surface area is 134 Å². The number of piperazine rings is 1. The van der Waals surface area contributed by atoms with Crippen LogP contribution in [0.1, 0.15) is 11.1 Å². The van der Waals surface area contributed by atoms with Crippen LogP contribution in [-0.2, 0) is 0 Å². The summed E-state index contributed by atoms with van der Waals surface area (Å²) in [6.07, 6.45) is 0. The SMILES string of the molecule is Cc1cccc(N2CCN(c3cccc(Br)n3)CC2)c1C. The molecule has 0 spiro atoms. The van der Waals surface area contributed by atoms with Gasteiger partial charge in [-0.3, -0.25) is 0 Å². The molecule has 0 unspecified atom stereocenters. The molecular formula is C17H20BrN3. The van der Waals surface area contributed by atoms with Gasteiger partial charge in [-0.05, 0) is 59.1 Å². The Morgan fingerprint density at radius 1 is 0.905 bits per heavy atom. The summed E-state index contributed by atoms with van der Waals surface area (Å²) in [7, 11) is 0. The third kappa shape index (κ3) is 3.05. The number of hydrogen-bond acceptors (Lipinski definition) is 3. The van der Waals surface area contributed by atoms with Crippen molar-refractivity contribution >= 4 is 27.4 Å². The van der Waals surface area contributed by atoms with Gasteiger partial charge in [0.2, 0.25) is 0 Å². The first-order chi connectivity index (χ1) is 10.1. The van der Waals surface area contributed by atoms with Gasteiger partial charge in [-0.15, -0.1) is 0 Å². The molecule has 0 aliphatic carbocycles. The van der Waals surface area contributed by atoms with E-state index in [1.807, 2.05) is 12.1 Å². The van der Waals surface area contributed by atoms with Crippen molar-refractivity contribution in [1.82, 2.24) is 4.98 Å². The Balaban J connectivity index is 1.72. The fraction of sp³-hybridized carbons (Fsp3) is 0.353. The number of benzene rings is 1. The molecule has 1 fully saturated rings. The highest BCUT2D eigenvalue weighted by Gasteiger charge is 2.19. The maximum Gasteiger partial charge on any atom is 0.129 e. The Bertz CT molecular complexity index is 634. The van der Waals surface area contributed by atoms with Gasteiger partial charge in [-0.25, -0.2) is 4.98 Å². The van der Waals surface area contributed by atoms with Crippen molar-refractivity contribution in [3.63, 3.8) is 0 Å². The molecule has 2 aromatic rings. The van der Waals surface area contributed by atoms with E-state index < -0.39 is 0 Å². The minimum Gasteiger partial charge on any atom is -0.368 e. The summed E-state index contributed by atoms with van der Waals surface area (Å²) in [4.78, 5) is 9.39. The monoisotopic (exact) mass is 345 g/mol. The minimum absolute atomic E-state index is 0.900. The number of aryl methyl sites for hydroxylation is 1. The maximum atomic E-state index is 4.55. The molecule has 0 amide bonds. The van der Waals surface area contributed by atoms with Gasteiger partial charge in [-0.1, -0.05) is 18.2 Å². The summed E-state index contributed by atoms with van der Waals surface area (Å²) >= 11 is 3.45. The van der Waals surface area contributed by atoms with Gasteiger partial charge >= 0.3 is 0 Å². The normalized spacial score (nSPS) is 15.4. The van der Waals surface area contributed by atoms with E-state index in [0.29, 0.717) is 0 Å². The van der Waals surface area contributed by atoms with Crippen molar-refractivity contribution in [3.8, 4) is 0 Å². The van der Waals surface area contributed by atoms with Crippen LogP contribution in [0, 0.1) is 13.8 Å². The molecule has 0 N–H and O–H groups in total. The second kappa shape index (κ2) is 6.06. The number of nitrogens with zero attached hydrogens (tertiary/aromatic N) is 3. The lowest BCUT2D eigenvalue weighted by atomic mass is 10.1. The molecule has 1 aromatic heterocycles. The highest BCUT2D eigenvalue weighted by molar-refractivity contribution is 9.10. The van der Waals surface area contributed by atoms with Crippen LogP contribution in [-0.4, -0.2) is 31.2 Å². The molecule has 1 aromatic carbocycles. The van der Waals surface area contributed by atoms with Crippen molar-refractivity contribution in [3.05, 3.63) is 52.1 Å². The quantitative estimate of drug-likeness (QED) is 0.772. The summed E-state index contributed by atoms with van der Waals surface area (Å²) in [5, 5.41) is 0. The number of anilines is 2. The van der Waals surface area contributed by atoms with Crippen LogP contribution in [0.2, 0.25) is 0 Å². The molecule has 21 heavy (non-hydrogen) atoms. The van der Waals surface area contributed by atoms with E-state index >= 15 is 0 Å². The average molecular weight is 346 g/mol. The fourth-order valence-electron chi connectivity index (χ4n) is 2.83. The smallest absolute Gasteiger partial charge is 0.129 e. The zero-order chi connectivity index (χ0) is 14.8. The highest BCUT2D eigenvalue weighted by Crippen LogP contribution is 2.25. The third-order valence-corrected chi connectivity index (χ3v) is 4.66. The van der Waals surface area contributed by atoms with Gasteiger partial charge in [-0.2, -0.15) is 0 Å². The Hall–Kier alpha value is -1.55. The van der Waals surface area contributed by atoms with Crippen molar-refractivity contribution in [2.75, 3.05) is 36.0 Å². The first kappa shape index (κ1) is 14.4. The molecule has 3 rings (SSSR count). The molecule has 3 nitrogen and oxygen atoms in total. The molecule has 2 heterocycles. The van der Waals surface area contributed by atoms with Crippen molar-refractivity contribution < 1.29 is 0 Å². The zero-order valence-corrected chi connectivity index (χ0v) is 14.1. The van der Waals surface area contributed by atoms with E-state index in [0.717, 1.165) is 36.6 Å². The molecule has 0 bridgehead atoms. The first-order valence-corrected chi connectivity index (χ1v) is 8.13. The lowest BCUT2D eigenvalue weighted by Crippen LogP contribution is -2.47. The lowest BCUT2D eigenvalue weighted by molar-refractivity contribution is 0.646. The van der Waals surface area contributed by atoms with Gasteiger partial charge < -0.3 is 9.80 Å². The second-order valence-electron chi connectivity index (χ2n) is 5.51. The first-order valence-electron chi connectivity index (χ1n) is 7.34. The number of aromatic nitrogens is 1. The number of hydrogen-bond donors (Lipinski definition) is 0. The molecule has 0 saturated carbocycles. The topological polar surface area (TPSA) is 19.4 Å². The Morgan fingerprint density at radius 2 is 1.57 bits per heavy atom. The zero-order valence-electron chi connectivity index (χ0n) is 12.5. The average Bonchev–Trinajstić information content (AvgIpc) is 2.50. The molecule has 1 saturated heterocycles. The highest BCUT2D eigenvalue weighted by atomic mass is 79.9. The van der Waals surface area contributed by atoms with Crippen LogP contribution in [0.5, 0.6) is 0 Å². The van der Waals surface area contributed by atoms with Crippen LogP contribution in [0.4, 0.5) is 11.5 Å². The number of pyridine rings is 1. The van der Waals surface area contributed by atoms with E-state index in [1.54, 1.807) is 0 Å². The maximum absolute atomic E-state index is 4.55. The van der Waals surface area contributed by atoms with Crippen molar-refractivity contribution in [1.29, 1.82) is 0 Å². The van der Waals surface area contributed by atoms with E-state index in [1.165, 1.54) is 16.8 Å². The van der Waals surface area contributed by atoms with Crippen LogP contribution in [0.25, 0.3) is 0 Å². The van der Waals surface area contributed by atoms with Crippen LogP contribution < -0.4 is 9.80 Å². The van der Waals surface area contributed by atoms with Crippen molar-refractivity contribution in [2.45, 2.75) is 13.8 Å². The minimum atomic E-state index is 0.900. The van der Waals surface area contributed by atoms with E-state index in [9.17, 15) is 0 Å². The standard InChI is InChI=1S/C17H20BrN3/c1-13-5-3-6-15(14(13)2)20-9-11-21(12-10-20)17-8-4-7-16(18)19-17/h3-8H,9-12H2,1-2H3. The molecular weight excluding hydrogens is 326 g/mol. The lowest BCUT2D eigenvalue weighted by Gasteiger charge is -2.37. The number of halogens is 1. The summed E-state index contributed by atoms with van der Waals surface area (Å²) in [5.41, 5.74) is 4.13. The van der Waals surface area contributed by atoms with Gasteiger partial charge in [0.05, 0.1) is 0 Å². The van der Waals surface area contributed by atoms with Crippen LogP contribution in [0.3, 0.4) is 0 Å². The summed E-state index contributed by atoms with van der Waals surface area (Å²) in [6, 6.07) is 12.7. The van der Waals surface area contributed by atoms with Gasteiger partial charge in [0.1, 0.15) is 10.4 Å².